The summed E-state index contributed by atoms with van der Waals surface area (Å²) in [4.78, 5) is 26.7. The Morgan fingerprint density at radius 1 is 1.03 bits per heavy atom. The van der Waals surface area contributed by atoms with Crippen molar-refractivity contribution in [2.75, 3.05) is 45.2 Å². The second-order valence-electron chi connectivity index (χ2n) is 8.59. The molecule has 1 fully saturated rings. The minimum absolute atomic E-state index is 0.0670. The molecule has 1 N–H and O–H groups in total. The summed E-state index contributed by atoms with van der Waals surface area (Å²) in [6.45, 7) is 3.17. The number of hydrogen-bond acceptors (Lipinski definition) is 6. The van der Waals surface area contributed by atoms with Gasteiger partial charge >= 0.3 is 0 Å². The van der Waals surface area contributed by atoms with Gasteiger partial charge in [0.15, 0.2) is 11.5 Å². The van der Waals surface area contributed by atoms with E-state index >= 15 is 0 Å². The van der Waals surface area contributed by atoms with Crippen LogP contribution in [0.3, 0.4) is 0 Å². The van der Waals surface area contributed by atoms with Crippen LogP contribution in [-0.2, 0) is 19.6 Å². The molecule has 2 heterocycles. The molecule has 1 saturated heterocycles. The van der Waals surface area contributed by atoms with Crippen LogP contribution in [0.25, 0.3) is 0 Å². The van der Waals surface area contributed by atoms with Gasteiger partial charge in [0.1, 0.15) is 13.2 Å². The number of hydrogen-bond donors (Lipinski definition) is 1. The molecule has 34 heavy (non-hydrogen) atoms. The highest BCUT2D eigenvalue weighted by Crippen LogP contribution is 2.34. The highest BCUT2D eigenvalue weighted by Gasteiger charge is 2.34. The molecule has 2 aromatic carbocycles. The maximum atomic E-state index is 13.1. The molecular formula is C24H29N3O6S. The van der Waals surface area contributed by atoms with Gasteiger partial charge in [0.25, 0.3) is 0 Å². The Kier molecular flexibility index (Phi) is 7.08. The van der Waals surface area contributed by atoms with Crippen LogP contribution in [-0.4, -0.2) is 69.3 Å². The standard InChI is InChI=1S/C24H29N3O6S/c1-17-3-5-19(6-4-17)25-23(28)16-26(2)24(29)18-9-11-27(12-10-18)34(30,31)20-7-8-21-22(15-20)33-14-13-32-21/h3-8,15,18H,9-14,16H2,1-2H3,(H,25,28). The first-order chi connectivity index (χ1) is 16.2. The molecule has 10 heteroatoms. The van der Waals surface area contributed by atoms with E-state index < -0.39 is 10.0 Å². The monoisotopic (exact) mass is 487 g/mol. The number of rotatable bonds is 6. The van der Waals surface area contributed by atoms with Gasteiger partial charge in [0, 0.05) is 37.8 Å². The summed E-state index contributed by atoms with van der Waals surface area (Å²) < 4.78 is 38.6. The van der Waals surface area contributed by atoms with Gasteiger partial charge < -0.3 is 19.7 Å². The molecule has 0 aliphatic carbocycles. The zero-order chi connectivity index (χ0) is 24.3. The largest absolute Gasteiger partial charge is 0.486 e. The topological polar surface area (TPSA) is 105 Å². The normalized spacial score (nSPS) is 16.6. The number of fused-ring (bicyclic) bond motifs is 1. The van der Waals surface area contributed by atoms with Crippen molar-refractivity contribution in [2.45, 2.75) is 24.7 Å². The first-order valence-corrected chi connectivity index (χ1v) is 12.7. The van der Waals surface area contributed by atoms with Gasteiger partial charge in [-0.1, -0.05) is 17.7 Å². The van der Waals surface area contributed by atoms with Crippen molar-refractivity contribution in [3.8, 4) is 11.5 Å². The van der Waals surface area contributed by atoms with Gasteiger partial charge in [-0.05, 0) is 44.0 Å². The number of amides is 2. The minimum atomic E-state index is -3.71. The van der Waals surface area contributed by atoms with E-state index in [4.69, 9.17) is 9.47 Å². The van der Waals surface area contributed by atoms with Crippen molar-refractivity contribution in [3.05, 3.63) is 48.0 Å². The van der Waals surface area contributed by atoms with Gasteiger partial charge in [-0.15, -0.1) is 0 Å². The van der Waals surface area contributed by atoms with E-state index in [0.717, 1.165) is 5.56 Å². The number of aryl methyl sites for hydroxylation is 1. The lowest BCUT2D eigenvalue weighted by molar-refractivity contribution is -0.138. The van der Waals surface area contributed by atoms with Crippen molar-refractivity contribution in [3.63, 3.8) is 0 Å². The molecule has 2 aliphatic heterocycles. The lowest BCUT2D eigenvalue weighted by Crippen LogP contribution is -2.45. The van der Waals surface area contributed by atoms with Crippen molar-refractivity contribution in [1.82, 2.24) is 9.21 Å². The summed E-state index contributed by atoms with van der Waals surface area (Å²) >= 11 is 0. The lowest BCUT2D eigenvalue weighted by Gasteiger charge is -2.32. The van der Waals surface area contributed by atoms with Crippen molar-refractivity contribution >= 4 is 27.5 Å². The number of anilines is 1. The van der Waals surface area contributed by atoms with E-state index in [0.29, 0.717) is 43.2 Å². The first-order valence-electron chi connectivity index (χ1n) is 11.3. The molecule has 0 radical (unpaired) electrons. The summed E-state index contributed by atoms with van der Waals surface area (Å²) in [6.07, 6.45) is 0.791. The maximum absolute atomic E-state index is 13.1. The molecule has 0 atom stereocenters. The van der Waals surface area contributed by atoms with Crippen LogP contribution >= 0.6 is 0 Å². The number of likely N-dealkylation sites (N-methyl/N-ethyl adjacent to an activating group) is 1. The van der Waals surface area contributed by atoms with Crippen LogP contribution in [0.1, 0.15) is 18.4 Å². The number of carbonyl (C=O) groups is 2. The number of carbonyl (C=O) groups excluding carboxylic acids is 2. The van der Waals surface area contributed by atoms with E-state index in [1.165, 1.54) is 21.3 Å². The Morgan fingerprint density at radius 3 is 2.35 bits per heavy atom. The van der Waals surface area contributed by atoms with E-state index in [1.807, 2.05) is 31.2 Å². The number of sulfonamides is 1. The van der Waals surface area contributed by atoms with Crippen LogP contribution in [0.5, 0.6) is 11.5 Å². The third-order valence-electron chi connectivity index (χ3n) is 6.05. The molecule has 2 amide bonds. The van der Waals surface area contributed by atoms with Gasteiger partial charge in [-0.2, -0.15) is 4.31 Å². The Bertz CT molecular complexity index is 1160. The van der Waals surface area contributed by atoms with Crippen LogP contribution in [0.4, 0.5) is 5.69 Å². The van der Waals surface area contributed by atoms with Crippen molar-refractivity contribution in [2.24, 2.45) is 5.92 Å². The molecular weight excluding hydrogens is 458 g/mol. The van der Waals surface area contributed by atoms with Crippen LogP contribution < -0.4 is 14.8 Å². The molecule has 2 aliphatic rings. The van der Waals surface area contributed by atoms with E-state index in [1.54, 1.807) is 13.1 Å². The Hall–Kier alpha value is -3.11. The number of nitrogens with zero attached hydrogens (tertiary/aromatic N) is 2. The zero-order valence-corrected chi connectivity index (χ0v) is 20.1. The van der Waals surface area contributed by atoms with Gasteiger partial charge in [0.2, 0.25) is 21.8 Å². The summed E-state index contributed by atoms with van der Waals surface area (Å²) in [7, 11) is -2.12. The Morgan fingerprint density at radius 2 is 1.68 bits per heavy atom. The number of piperidine rings is 1. The third kappa shape index (κ3) is 5.34. The smallest absolute Gasteiger partial charge is 0.243 e. The minimum Gasteiger partial charge on any atom is -0.486 e. The summed E-state index contributed by atoms with van der Waals surface area (Å²) in [6, 6.07) is 12.0. The molecule has 0 spiro atoms. The molecule has 0 aromatic heterocycles. The molecule has 2 aromatic rings. The predicted molar refractivity (Wildman–Crippen MR) is 126 cm³/mol. The Balaban J connectivity index is 1.31. The quantitative estimate of drug-likeness (QED) is 0.670. The van der Waals surface area contributed by atoms with E-state index in [-0.39, 0.29) is 42.3 Å². The molecule has 4 rings (SSSR count). The number of nitrogens with one attached hydrogen (secondary N) is 1. The molecule has 0 unspecified atom stereocenters. The predicted octanol–water partition coefficient (Wildman–Crippen LogP) is 2.26. The first kappa shape index (κ1) is 24.0. The van der Waals surface area contributed by atoms with Gasteiger partial charge in [-0.3, -0.25) is 9.59 Å². The fourth-order valence-electron chi connectivity index (χ4n) is 4.12. The maximum Gasteiger partial charge on any atom is 0.243 e. The Labute approximate surface area is 199 Å². The summed E-state index contributed by atoms with van der Waals surface area (Å²) in [5, 5.41) is 2.79. The fraction of sp³-hybridized carbons (Fsp3) is 0.417. The lowest BCUT2D eigenvalue weighted by atomic mass is 9.96. The second kappa shape index (κ2) is 10.0. The summed E-state index contributed by atoms with van der Waals surface area (Å²) in [5.74, 6) is 0.185. The zero-order valence-electron chi connectivity index (χ0n) is 19.3. The molecule has 9 nitrogen and oxygen atoms in total. The van der Waals surface area contributed by atoms with Crippen molar-refractivity contribution in [1.29, 1.82) is 0 Å². The van der Waals surface area contributed by atoms with E-state index in [9.17, 15) is 18.0 Å². The number of ether oxygens (including phenoxy) is 2. The molecule has 182 valence electrons. The fourth-order valence-corrected chi connectivity index (χ4v) is 5.60. The third-order valence-corrected chi connectivity index (χ3v) is 7.94. The van der Waals surface area contributed by atoms with Crippen LogP contribution in [0.2, 0.25) is 0 Å². The summed E-state index contributed by atoms with van der Waals surface area (Å²) in [5.41, 5.74) is 1.77. The van der Waals surface area contributed by atoms with Crippen LogP contribution in [0, 0.1) is 12.8 Å². The van der Waals surface area contributed by atoms with Crippen molar-refractivity contribution < 1.29 is 27.5 Å². The SMILES string of the molecule is Cc1ccc(NC(=O)CN(C)C(=O)C2CCN(S(=O)(=O)c3ccc4c(c3)OCCO4)CC2)cc1. The molecule has 0 saturated carbocycles. The van der Waals surface area contributed by atoms with E-state index in [2.05, 4.69) is 5.32 Å². The highest BCUT2D eigenvalue weighted by atomic mass is 32.2. The highest BCUT2D eigenvalue weighted by molar-refractivity contribution is 7.89. The number of benzene rings is 2. The average Bonchev–Trinajstić information content (AvgIpc) is 2.84. The van der Waals surface area contributed by atoms with Crippen LogP contribution in [0.15, 0.2) is 47.4 Å². The average molecular weight is 488 g/mol. The van der Waals surface area contributed by atoms with Gasteiger partial charge in [-0.25, -0.2) is 8.42 Å². The second-order valence-corrected chi connectivity index (χ2v) is 10.5. The van der Waals surface area contributed by atoms with Gasteiger partial charge in [0.05, 0.1) is 11.4 Å². The molecule has 0 bridgehead atoms.